The van der Waals surface area contributed by atoms with Crippen molar-refractivity contribution >= 4 is 12.2 Å². The number of carbonyl (C=O) groups excluding carboxylic acids is 1. The van der Waals surface area contributed by atoms with Gasteiger partial charge in [0.1, 0.15) is 5.82 Å². The van der Waals surface area contributed by atoms with Gasteiger partial charge < -0.3 is 9.80 Å². The van der Waals surface area contributed by atoms with Crippen LogP contribution in [0.3, 0.4) is 0 Å². The van der Waals surface area contributed by atoms with E-state index in [1.807, 2.05) is 11.1 Å². The summed E-state index contributed by atoms with van der Waals surface area (Å²) < 4.78 is 0. The summed E-state index contributed by atoms with van der Waals surface area (Å²) in [5, 5.41) is 0. The third-order valence-electron chi connectivity index (χ3n) is 4.61. The van der Waals surface area contributed by atoms with Crippen LogP contribution in [0.2, 0.25) is 0 Å². The number of hydrogen-bond acceptors (Lipinski definition) is 3. The minimum absolute atomic E-state index is 0.232. The van der Waals surface area contributed by atoms with Gasteiger partial charge in [-0.15, -0.1) is 0 Å². The van der Waals surface area contributed by atoms with E-state index in [1.54, 1.807) is 0 Å². The number of aryl methyl sites for hydroxylation is 1. The molecular formula is C16H23N3O. The molecule has 2 saturated heterocycles. The number of rotatable bonds is 3. The number of amides is 1. The van der Waals surface area contributed by atoms with E-state index >= 15 is 0 Å². The first-order valence-corrected chi connectivity index (χ1v) is 7.72. The van der Waals surface area contributed by atoms with E-state index < -0.39 is 0 Å². The molecule has 1 amide bonds. The second-order valence-corrected chi connectivity index (χ2v) is 5.95. The predicted octanol–water partition coefficient (Wildman–Crippen LogP) is 2.67. The molecule has 1 aromatic heterocycles. The fourth-order valence-corrected chi connectivity index (χ4v) is 3.45. The van der Waals surface area contributed by atoms with Crippen molar-refractivity contribution in [2.75, 3.05) is 24.5 Å². The van der Waals surface area contributed by atoms with Crippen molar-refractivity contribution < 1.29 is 4.79 Å². The lowest BCUT2D eigenvalue weighted by atomic mass is 10.0. The molecule has 0 spiro atoms. The Bertz CT molecular complexity index is 483. The Morgan fingerprint density at radius 3 is 2.70 bits per heavy atom. The Morgan fingerprint density at radius 1 is 1.20 bits per heavy atom. The molecule has 2 fully saturated rings. The van der Waals surface area contributed by atoms with Gasteiger partial charge >= 0.3 is 0 Å². The summed E-state index contributed by atoms with van der Waals surface area (Å²) in [6.45, 7) is 5.26. The van der Waals surface area contributed by atoms with Gasteiger partial charge in [0.2, 0.25) is 6.41 Å². The molecule has 0 saturated carbocycles. The molecule has 1 aromatic rings. The van der Waals surface area contributed by atoms with Gasteiger partial charge in [0.25, 0.3) is 0 Å². The standard InChI is InChI=1S/C16H23N3O/c1-13-10-16(18-7-3-2-4-8-18)17-11-14(13)15-6-5-9-19(15)12-20/h10-12,15H,2-9H2,1H3/t15-/m0/s1. The molecule has 2 aliphatic rings. The topological polar surface area (TPSA) is 36.4 Å². The fraction of sp³-hybridized carbons (Fsp3) is 0.625. The molecule has 0 aliphatic carbocycles. The van der Waals surface area contributed by atoms with Crippen molar-refractivity contribution in [2.45, 2.75) is 45.1 Å². The highest BCUT2D eigenvalue weighted by Gasteiger charge is 2.26. The van der Waals surface area contributed by atoms with E-state index in [2.05, 4.69) is 22.9 Å². The maximum Gasteiger partial charge on any atom is 0.210 e. The number of nitrogens with zero attached hydrogens (tertiary/aromatic N) is 3. The van der Waals surface area contributed by atoms with Gasteiger partial charge in [-0.05, 0) is 56.2 Å². The molecule has 20 heavy (non-hydrogen) atoms. The molecule has 0 radical (unpaired) electrons. The molecule has 0 N–H and O–H groups in total. The number of likely N-dealkylation sites (tertiary alicyclic amines) is 1. The van der Waals surface area contributed by atoms with E-state index in [1.165, 1.54) is 30.4 Å². The Hall–Kier alpha value is -1.58. The summed E-state index contributed by atoms with van der Waals surface area (Å²) >= 11 is 0. The Balaban J connectivity index is 1.81. The molecule has 1 atom stereocenters. The Morgan fingerprint density at radius 2 is 2.00 bits per heavy atom. The summed E-state index contributed by atoms with van der Waals surface area (Å²) in [6.07, 6.45) is 9.00. The smallest absolute Gasteiger partial charge is 0.210 e. The molecule has 3 heterocycles. The second-order valence-electron chi connectivity index (χ2n) is 5.95. The normalized spacial score (nSPS) is 23.1. The zero-order valence-electron chi connectivity index (χ0n) is 12.2. The van der Waals surface area contributed by atoms with Crippen molar-refractivity contribution in [3.05, 3.63) is 23.4 Å². The minimum atomic E-state index is 0.232. The van der Waals surface area contributed by atoms with Crippen molar-refractivity contribution in [1.82, 2.24) is 9.88 Å². The first-order chi connectivity index (χ1) is 9.79. The van der Waals surface area contributed by atoms with Crippen LogP contribution in [0, 0.1) is 6.92 Å². The maximum absolute atomic E-state index is 11.1. The summed E-state index contributed by atoms with van der Waals surface area (Å²) in [4.78, 5) is 20.1. The van der Waals surface area contributed by atoms with Crippen LogP contribution in [0.5, 0.6) is 0 Å². The van der Waals surface area contributed by atoms with Crippen molar-refractivity contribution in [3.63, 3.8) is 0 Å². The van der Waals surface area contributed by atoms with Gasteiger partial charge in [-0.2, -0.15) is 0 Å². The van der Waals surface area contributed by atoms with Crippen LogP contribution in [-0.4, -0.2) is 35.9 Å². The largest absolute Gasteiger partial charge is 0.357 e. The van der Waals surface area contributed by atoms with Crippen LogP contribution in [0.15, 0.2) is 12.3 Å². The van der Waals surface area contributed by atoms with E-state index in [-0.39, 0.29) is 6.04 Å². The van der Waals surface area contributed by atoms with E-state index in [9.17, 15) is 4.79 Å². The summed E-state index contributed by atoms with van der Waals surface area (Å²) in [7, 11) is 0. The lowest BCUT2D eigenvalue weighted by Crippen LogP contribution is -2.30. The number of anilines is 1. The zero-order chi connectivity index (χ0) is 13.9. The average molecular weight is 273 g/mol. The van der Waals surface area contributed by atoms with Crippen LogP contribution in [0.1, 0.15) is 49.3 Å². The van der Waals surface area contributed by atoms with Crippen LogP contribution < -0.4 is 4.90 Å². The summed E-state index contributed by atoms with van der Waals surface area (Å²) in [5.74, 6) is 1.10. The number of piperidine rings is 1. The lowest BCUT2D eigenvalue weighted by molar-refractivity contribution is -0.118. The van der Waals surface area contributed by atoms with Crippen molar-refractivity contribution in [2.24, 2.45) is 0 Å². The van der Waals surface area contributed by atoms with Gasteiger partial charge in [-0.3, -0.25) is 4.79 Å². The first-order valence-electron chi connectivity index (χ1n) is 7.72. The molecule has 0 bridgehead atoms. The quantitative estimate of drug-likeness (QED) is 0.794. The zero-order valence-corrected chi connectivity index (χ0v) is 12.2. The average Bonchev–Trinajstić information content (AvgIpc) is 2.96. The van der Waals surface area contributed by atoms with Gasteiger partial charge in [-0.25, -0.2) is 4.98 Å². The molecule has 4 heteroatoms. The Kier molecular flexibility index (Phi) is 3.90. The molecule has 2 aliphatic heterocycles. The van der Waals surface area contributed by atoms with Gasteiger partial charge in [0.05, 0.1) is 6.04 Å². The molecule has 3 rings (SSSR count). The summed E-state index contributed by atoms with van der Waals surface area (Å²) in [6, 6.07) is 2.43. The van der Waals surface area contributed by atoms with E-state index in [0.717, 1.165) is 44.7 Å². The van der Waals surface area contributed by atoms with Crippen LogP contribution >= 0.6 is 0 Å². The van der Waals surface area contributed by atoms with Crippen LogP contribution in [0.25, 0.3) is 0 Å². The minimum Gasteiger partial charge on any atom is -0.357 e. The first kappa shape index (κ1) is 13.4. The number of hydrogen-bond donors (Lipinski definition) is 0. The Labute approximate surface area is 120 Å². The number of aromatic nitrogens is 1. The third kappa shape index (κ3) is 2.51. The monoisotopic (exact) mass is 273 g/mol. The maximum atomic E-state index is 11.1. The van der Waals surface area contributed by atoms with Crippen LogP contribution in [-0.2, 0) is 4.79 Å². The van der Waals surface area contributed by atoms with Gasteiger partial charge in [0.15, 0.2) is 0 Å². The van der Waals surface area contributed by atoms with Gasteiger partial charge in [0, 0.05) is 25.8 Å². The molecule has 4 nitrogen and oxygen atoms in total. The lowest BCUT2D eigenvalue weighted by Gasteiger charge is -2.29. The van der Waals surface area contributed by atoms with Crippen molar-refractivity contribution in [3.8, 4) is 0 Å². The summed E-state index contributed by atoms with van der Waals surface area (Å²) in [5.41, 5.74) is 2.48. The van der Waals surface area contributed by atoms with Gasteiger partial charge in [-0.1, -0.05) is 0 Å². The van der Waals surface area contributed by atoms with E-state index in [0.29, 0.717) is 0 Å². The predicted molar refractivity (Wildman–Crippen MR) is 79.8 cm³/mol. The molecule has 108 valence electrons. The number of pyridine rings is 1. The molecule has 0 aromatic carbocycles. The van der Waals surface area contributed by atoms with Crippen molar-refractivity contribution in [1.29, 1.82) is 0 Å². The number of carbonyl (C=O) groups is 1. The van der Waals surface area contributed by atoms with Crippen LogP contribution in [0.4, 0.5) is 5.82 Å². The second kappa shape index (κ2) is 5.81. The SMILES string of the molecule is Cc1cc(N2CCCCC2)ncc1[C@@H]1CCCN1C=O. The van der Waals surface area contributed by atoms with E-state index in [4.69, 9.17) is 0 Å². The highest BCUT2D eigenvalue weighted by Crippen LogP contribution is 2.33. The fourth-order valence-electron chi connectivity index (χ4n) is 3.45. The molecular weight excluding hydrogens is 250 g/mol. The highest BCUT2D eigenvalue weighted by atomic mass is 16.1. The third-order valence-corrected chi connectivity index (χ3v) is 4.61. The highest BCUT2D eigenvalue weighted by molar-refractivity contribution is 5.51. The molecule has 0 unspecified atom stereocenters.